The molecule has 6 nitrogen and oxygen atoms in total. The van der Waals surface area contributed by atoms with Crippen LogP contribution in [0.2, 0.25) is 0 Å². The van der Waals surface area contributed by atoms with E-state index in [0.717, 1.165) is 29.4 Å². The molecule has 2 aromatic carbocycles. The highest BCUT2D eigenvalue weighted by molar-refractivity contribution is 7.17. The van der Waals surface area contributed by atoms with E-state index in [2.05, 4.69) is 27.8 Å². The number of carbonyl (C=O) groups is 1. The molecule has 0 radical (unpaired) electrons. The van der Waals surface area contributed by atoms with Crippen molar-refractivity contribution in [1.82, 2.24) is 10.3 Å². The molecule has 158 valence electrons. The molecule has 0 aliphatic heterocycles. The molecule has 3 rings (SSSR count). The number of rotatable bonds is 9. The number of methoxy groups -OCH3 is 2. The molecular weight excluding hydrogens is 398 g/mol. The Kier molecular flexibility index (Phi) is 7.30. The minimum atomic E-state index is -0.187. The number of anilines is 1. The SMILES string of the molecule is COc1ccc(C(C)NC(=O)c2sc(NCCc3ccccc3)nc2C)cc1OC. The van der Waals surface area contributed by atoms with Crippen LogP contribution in [-0.2, 0) is 6.42 Å². The van der Waals surface area contributed by atoms with E-state index >= 15 is 0 Å². The van der Waals surface area contributed by atoms with E-state index in [1.807, 2.05) is 50.2 Å². The summed E-state index contributed by atoms with van der Waals surface area (Å²) in [5.41, 5.74) is 2.92. The van der Waals surface area contributed by atoms with E-state index in [0.29, 0.717) is 16.4 Å². The molecule has 1 aromatic heterocycles. The van der Waals surface area contributed by atoms with Gasteiger partial charge in [0.05, 0.1) is 26.0 Å². The normalized spacial score (nSPS) is 11.6. The van der Waals surface area contributed by atoms with Crippen molar-refractivity contribution in [3.8, 4) is 11.5 Å². The number of hydrogen-bond donors (Lipinski definition) is 2. The molecular formula is C23H27N3O3S. The zero-order valence-electron chi connectivity index (χ0n) is 17.7. The Morgan fingerprint density at radius 3 is 2.53 bits per heavy atom. The first-order valence-corrected chi connectivity index (χ1v) is 10.6. The van der Waals surface area contributed by atoms with Gasteiger partial charge in [0.25, 0.3) is 5.91 Å². The second-order valence-corrected chi connectivity index (χ2v) is 7.90. The molecule has 0 fully saturated rings. The molecule has 0 bridgehead atoms. The summed E-state index contributed by atoms with van der Waals surface area (Å²) in [6, 6.07) is 15.7. The average Bonchev–Trinajstić information content (AvgIpc) is 3.14. The summed E-state index contributed by atoms with van der Waals surface area (Å²) < 4.78 is 10.6. The van der Waals surface area contributed by atoms with Gasteiger partial charge in [0.2, 0.25) is 0 Å². The lowest BCUT2D eigenvalue weighted by Gasteiger charge is -2.16. The molecule has 2 N–H and O–H groups in total. The Morgan fingerprint density at radius 2 is 1.83 bits per heavy atom. The third kappa shape index (κ3) is 5.30. The minimum absolute atomic E-state index is 0.136. The predicted molar refractivity (Wildman–Crippen MR) is 121 cm³/mol. The summed E-state index contributed by atoms with van der Waals surface area (Å²) in [6.45, 7) is 4.56. The van der Waals surface area contributed by atoms with Gasteiger partial charge in [-0.05, 0) is 43.5 Å². The van der Waals surface area contributed by atoms with Gasteiger partial charge in [-0.2, -0.15) is 0 Å². The maximum atomic E-state index is 12.8. The second kappa shape index (κ2) is 10.1. The van der Waals surface area contributed by atoms with Crippen LogP contribution >= 0.6 is 11.3 Å². The standard InChI is InChI=1S/C23H27N3O3S/c1-15(18-10-11-19(28-3)20(14-18)29-4)25-22(27)21-16(2)26-23(30-21)24-13-12-17-8-6-5-7-9-17/h5-11,14-15H,12-13H2,1-4H3,(H,24,26)(H,25,27). The van der Waals surface area contributed by atoms with Crippen LogP contribution in [0.3, 0.4) is 0 Å². The predicted octanol–water partition coefficient (Wildman–Crippen LogP) is 4.61. The van der Waals surface area contributed by atoms with Crippen LogP contribution in [0.1, 0.15) is 39.5 Å². The third-order valence-corrected chi connectivity index (χ3v) is 5.90. The second-order valence-electron chi connectivity index (χ2n) is 6.91. The minimum Gasteiger partial charge on any atom is -0.493 e. The average molecular weight is 426 g/mol. The van der Waals surface area contributed by atoms with Gasteiger partial charge in [-0.1, -0.05) is 47.7 Å². The van der Waals surface area contributed by atoms with E-state index in [4.69, 9.17) is 9.47 Å². The van der Waals surface area contributed by atoms with Crippen LogP contribution in [0.5, 0.6) is 11.5 Å². The highest BCUT2D eigenvalue weighted by Gasteiger charge is 2.18. The smallest absolute Gasteiger partial charge is 0.263 e. The fraction of sp³-hybridized carbons (Fsp3) is 0.304. The number of carbonyl (C=O) groups excluding carboxylic acids is 1. The van der Waals surface area contributed by atoms with Crippen molar-refractivity contribution in [3.63, 3.8) is 0 Å². The van der Waals surface area contributed by atoms with E-state index in [1.165, 1.54) is 16.9 Å². The molecule has 1 amide bonds. The molecule has 7 heteroatoms. The monoisotopic (exact) mass is 425 g/mol. The zero-order chi connectivity index (χ0) is 21.5. The number of hydrogen-bond acceptors (Lipinski definition) is 6. The first-order chi connectivity index (χ1) is 14.5. The molecule has 1 heterocycles. The fourth-order valence-corrected chi connectivity index (χ4v) is 4.00. The number of ether oxygens (including phenoxy) is 2. The molecule has 0 saturated carbocycles. The fourth-order valence-electron chi connectivity index (χ4n) is 3.11. The van der Waals surface area contributed by atoms with E-state index in [9.17, 15) is 4.79 Å². The van der Waals surface area contributed by atoms with Crippen molar-refractivity contribution in [2.75, 3.05) is 26.1 Å². The molecule has 1 unspecified atom stereocenters. The quantitative estimate of drug-likeness (QED) is 0.524. The van der Waals surface area contributed by atoms with Crippen molar-refractivity contribution in [2.45, 2.75) is 26.3 Å². The lowest BCUT2D eigenvalue weighted by atomic mass is 10.1. The molecule has 30 heavy (non-hydrogen) atoms. The van der Waals surface area contributed by atoms with Gasteiger partial charge in [0, 0.05) is 6.54 Å². The number of nitrogens with zero attached hydrogens (tertiary/aromatic N) is 1. The maximum Gasteiger partial charge on any atom is 0.263 e. The highest BCUT2D eigenvalue weighted by atomic mass is 32.1. The Hall–Kier alpha value is -3.06. The topological polar surface area (TPSA) is 72.5 Å². The van der Waals surface area contributed by atoms with E-state index < -0.39 is 0 Å². The van der Waals surface area contributed by atoms with Crippen LogP contribution in [0.4, 0.5) is 5.13 Å². The summed E-state index contributed by atoms with van der Waals surface area (Å²) in [5.74, 6) is 1.16. The number of nitrogens with one attached hydrogen (secondary N) is 2. The van der Waals surface area contributed by atoms with Gasteiger partial charge in [0.15, 0.2) is 16.6 Å². The molecule has 1 atom stereocenters. The summed E-state index contributed by atoms with van der Waals surface area (Å²) in [5, 5.41) is 7.12. The van der Waals surface area contributed by atoms with E-state index in [-0.39, 0.29) is 11.9 Å². The Bertz CT molecular complexity index is 989. The van der Waals surface area contributed by atoms with Crippen molar-refractivity contribution in [3.05, 3.63) is 70.2 Å². The van der Waals surface area contributed by atoms with Gasteiger partial charge in [-0.3, -0.25) is 4.79 Å². The van der Waals surface area contributed by atoms with Crippen LogP contribution in [-0.4, -0.2) is 31.7 Å². The van der Waals surface area contributed by atoms with Gasteiger partial charge < -0.3 is 20.1 Å². The number of aromatic nitrogens is 1. The zero-order valence-corrected chi connectivity index (χ0v) is 18.5. The number of amides is 1. The number of aryl methyl sites for hydroxylation is 1. The van der Waals surface area contributed by atoms with Gasteiger partial charge in [0.1, 0.15) is 4.88 Å². The first-order valence-electron chi connectivity index (χ1n) is 9.79. The van der Waals surface area contributed by atoms with Crippen LogP contribution in [0.25, 0.3) is 0 Å². The van der Waals surface area contributed by atoms with Gasteiger partial charge >= 0.3 is 0 Å². The van der Waals surface area contributed by atoms with Gasteiger partial charge in [-0.15, -0.1) is 0 Å². The van der Waals surface area contributed by atoms with Crippen LogP contribution in [0.15, 0.2) is 48.5 Å². The van der Waals surface area contributed by atoms with Crippen LogP contribution < -0.4 is 20.1 Å². The van der Waals surface area contributed by atoms with Crippen molar-refractivity contribution < 1.29 is 14.3 Å². The van der Waals surface area contributed by atoms with Crippen molar-refractivity contribution >= 4 is 22.4 Å². The Morgan fingerprint density at radius 1 is 1.10 bits per heavy atom. The summed E-state index contributed by atoms with van der Waals surface area (Å²) >= 11 is 1.37. The van der Waals surface area contributed by atoms with Crippen molar-refractivity contribution in [2.24, 2.45) is 0 Å². The van der Waals surface area contributed by atoms with E-state index in [1.54, 1.807) is 14.2 Å². The van der Waals surface area contributed by atoms with Gasteiger partial charge in [-0.25, -0.2) is 4.98 Å². The Balaban J connectivity index is 1.61. The molecule has 0 saturated heterocycles. The highest BCUT2D eigenvalue weighted by Crippen LogP contribution is 2.30. The number of benzene rings is 2. The number of thiazole rings is 1. The molecule has 3 aromatic rings. The Labute approximate surface area is 181 Å². The summed E-state index contributed by atoms with van der Waals surface area (Å²) in [6.07, 6.45) is 0.900. The molecule has 0 spiro atoms. The molecule has 0 aliphatic rings. The lowest BCUT2D eigenvalue weighted by Crippen LogP contribution is -2.26. The summed E-state index contributed by atoms with van der Waals surface area (Å²) in [4.78, 5) is 17.9. The lowest BCUT2D eigenvalue weighted by molar-refractivity contribution is 0.0943. The molecule has 0 aliphatic carbocycles. The largest absolute Gasteiger partial charge is 0.493 e. The first kappa shape index (κ1) is 21.6. The van der Waals surface area contributed by atoms with Crippen molar-refractivity contribution in [1.29, 1.82) is 0 Å². The third-order valence-electron chi connectivity index (χ3n) is 4.79. The summed E-state index contributed by atoms with van der Waals surface area (Å²) in [7, 11) is 3.19. The van der Waals surface area contributed by atoms with Crippen LogP contribution in [0, 0.1) is 6.92 Å². The maximum absolute atomic E-state index is 12.8.